The Morgan fingerprint density at radius 3 is 2.53 bits per heavy atom. The molecule has 1 aliphatic rings. The third kappa shape index (κ3) is 3.78. The van der Waals surface area contributed by atoms with E-state index in [4.69, 9.17) is 0 Å². The van der Waals surface area contributed by atoms with Crippen molar-refractivity contribution in [1.82, 2.24) is 4.90 Å². The molecule has 0 spiro atoms. The normalized spacial score (nSPS) is 20.3. The summed E-state index contributed by atoms with van der Waals surface area (Å²) in [5.41, 5.74) is 0. The van der Waals surface area contributed by atoms with Crippen molar-refractivity contribution in [2.75, 3.05) is 18.4 Å². The smallest absolute Gasteiger partial charge is 0.225 e. The third-order valence-electron chi connectivity index (χ3n) is 3.29. The number of carbonyl (C=O) groups excluding carboxylic acids is 1. The number of hydrogen-bond acceptors (Lipinski definition) is 1. The van der Waals surface area contributed by atoms with Gasteiger partial charge in [0, 0.05) is 24.3 Å². The first kappa shape index (κ1) is 13.0. The van der Waals surface area contributed by atoms with Gasteiger partial charge in [0.1, 0.15) is 0 Å². The molecule has 1 fully saturated rings. The van der Waals surface area contributed by atoms with Gasteiger partial charge in [0.05, 0.1) is 0 Å². The van der Waals surface area contributed by atoms with Crippen molar-refractivity contribution in [2.24, 2.45) is 11.8 Å². The average molecular weight is 276 g/mol. The predicted molar refractivity (Wildman–Crippen MR) is 67.2 cm³/mol. The second-order valence-corrected chi connectivity index (χ2v) is 5.26. The maximum Gasteiger partial charge on any atom is 0.225 e. The van der Waals surface area contributed by atoms with Crippen LogP contribution in [0.3, 0.4) is 0 Å². The van der Waals surface area contributed by atoms with Crippen molar-refractivity contribution in [3.05, 3.63) is 0 Å². The highest BCUT2D eigenvalue weighted by Gasteiger charge is 2.24. The lowest BCUT2D eigenvalue weighted by Gasteiger charge is -2.33. The molecule has 0 aromatic rings. The number of halogens is 1. The van der Waals surface area contributed by atoms with Crippen LogP contribution in [0.1, 0.15) is 39.5 Å². The van der Waals surface area contributed by atoms with Gasteiger partial charge in [0.15, 0.2) is 0 Å². The van der Waals surface area contributed by atoms with Gasteiger partial charge in [-0.05, 0) is 25.2 Å². The summed E-state index contributed by atoms with van der Waals surface area (Å²) in [6, 6.07) is 0. The van der Waals surface area contributed by atoms with E-state index < -0.39 is 0 Å². The molecule has 0 N–H and O–H groups in total. The number of carbonyl (C=O) groups is 1. The van der Waals surface area contributed by atoms with Crippen LogP contribution in [0.15, 0.2) is 0 Å². The average Bonchev–Trinajstić information content (AvgIpc) is 2.28. The minimum absolute atomic E-state index is 0.218. The van der Waals surface area contributed by atoms with Crippen LogP contribution >= 0.6 is 15.9 Å². The van der Waals surface area contributed by atoms with Crippen LogP contribution in [0.4, 0.5) is 0 Å². The zero-order valence-electron chi connectivity index (χ0n) is 9.84. The zero-order chi connectivity index (χ0) is 11.3. The molecule has 0 bridgehead atoms. The molecule has 1 aliphatic heterocycles. The molecule has 3 heteroatoms. The Bertz CT molecular complexity index is 200. The Kier molecular flexibility index (Phi) is 5.65. The highest BCUT2D eigenvalue weighted by molar-refractivity contribution is 9.09. The lowest BCUT2D eigenvalue weighted by Crippen LogP contribution is -2.41. The number of alkyl halides is 1. The van der Waals surface area contributed by atoms with Crippen molar-refractivity contribution in [3.8, 4) is 0 Å². The van der Waals surface area contributed by atoms with Crippen molar-refractivity contribution < 1.29 is 4.79 Å². The molecule has 88 valence electrons. The van der Waals surface area contributed by atoms with Crippen LogP contribution in [-0.2, 0) is 4.79 Å². The Morgan fingerprint density at radius 2 is 2.07 bits per heavy atom. The lowest BCUT2D eigenvalue weighted by atomic mass is 9.97. The highest BCUT2D eigenvalue weighted by Crippen LogP contribution is 2.21. The van der Waals surface area contributed by atoms with Gasteiger partial charge >= 0.3 is 0 Å². The van der Waals surface area contributed by atoms with Crippen LogP contribution in [-0.4, -0.2) is 29.2 Å². The summed E-state index contributed by atoms with van der Waals surface area (Å²) in [6.07, 6.45) is 4.45. The van der Waals surface area contributed by atoms with Gasteiger partial charge in [0.2, 0.25) is 5.91 Å². The summed E-state index contributed by atoms with van der Waals surface area (Å²) in [7, 11) is 0. The molecule has 0 aromatic carbocycles. The summed E-state index contributed by atoms with van der Waals surface area (Å²) in [6.45, 7) is 6.12. The first-order chi connectivity index (χ1) is 7.19. The van der Waals surface area contributed by atoms with Gasteiger partial charge in [-0.3, -0.25) is 4.79 Å². The fourth-order valence-corrected chi connectivity index (χ4v) is 2.82. The van der Waals surface area contributed by atoms with E-state index in [0.717, 1.165) is 50.0 Å². The molecular weight excluding hydrogens is 254 g/mol. The second-order valence-electron chi connectivity index (χ2n) is 4.61. The first-order valence-corrected chi connectivity index (χ1v) is 7.16. The summed E-state index contributed by atoms with van der Waals surface area (Å²) in [4.78, 5) is 14.1. The number of likely N-dealkylation sites (tertiary alicyclic amines) is 1. The van der Waals surface area contributed by atoms with Gasteiger partial charge in [-0.15, -0.1) is 0 Å². The molecule has 15 heavy (non-hydrogen) atoms. The lowest BCUT2D eigenvalue weighted by molar-refractivity contribution is -0.136. The topological polar surface area (TPSA) is 20.3 Å². The Morgan fingerprint density at radius 1 is 1.47 bits per heavy atom. The summed E-state index contributed by atoms with van der Waals surface area (Å²) >= 11 is 3.52. The van der Waals surface area contributed by atoms with Crippen LogP contribution in [0, 0.1) is 11.8 Å². The van der Waals surface area contributed by atoms with Gasteiger partial charge < -0.3 is 4.90 Å². The second kappa shape index (κ2) is 6.51. The largest absolute Gasteiger partial charge is 0.342 e. The Balaban J connectivity index is 2.35. The molecule has 0 aliphatic carbocycles. The maximum atomic E-state index is 12.0. The van der Waals surface area contributed by atoms with Crippen molar-refractivity contribution in [1.29, 1.82) is 0 Å². The minimum atomic E-state index is 0.218. The summed E-state index contributed by atoms with van der Waals surface area (Å²) in [5, 5.41) is 1.08. The molecule has 1 atom stereocenters. The molecule has 0 radical (unpaired) electrons. The Hall–Kier alpha value is -0.0500. The van der Waals surface area contributed by atoms with E-state index in [-0.39, 0.29) is 5.92 Å². The van der Waals surface area contributed by atoms with Gasteiger partial charge in [-0.2, -0.15) is 0 Å². The monoisotopic (exact) mass is 275 g/mol. The van der Waals surface area contributed by atoms with E-state index in [1.54, 1.807) is 0 Å². The van der Waals surface area contributed by atoms with Crippen LogP contribution in [0.2, 0.25) is 0 Å². The minimum Gasteiger partial charge on any atom is -0.342 e. The zero-order valence-corrected chi connectivity index (χ0v) is 11.4. The first-order valence-electron chi connectivity index (χ1n) is 6.03. The van der Waals surface area contributed by atoms with Crippen LogP contribution < -0.4 is 0 Å². The number of nitrogens with zero attached hydrogens (tertiary/aromatic N) is 1. The SMILES string of the molecule is CCCC(C)C(=O)N1CCC(CBr)CC1. The number of amides is 1. The molecule has 1 heterocycles. The van der Waals surface area contributed by atoms with Crippen molar-refractivity contribution in [3.63, 3.8) is 0 Å². The van der Waals surface area contributed by atoms with Gasteiger partial charge in [-0.25, -0.2) is 0 Å². The number of piperidine rings is 1. The molecule has 1 rings (SSSR count). The summed E-state index contributed by atoms with van der Waals surface area (Å²) in [5.74, 6) is 1.36. The van der Waals surface area contributed by atoms with E-state index in [1.165, 1.54) is 0 Å². The molecule has 1 saturated heterocycles. The van der Waals surface area contributed by atoms with Crippen molar-refractivity contribution >= 4 is 21.8 Å². The van der Waals surface area contributed by atoms with E-state index >= 15 is 0 Å². The number of hydrogen-bond donors (Lipinski definition) is 0. The standard InChI is InChI=1S/C12H22BrNO/c1-3-4-10(2)12(15)14-7-5-11(9-13)6-8-14/h10-11H,3-9H2,1-2H3. The summed E-state index contributed by atoms with van der Waals surface area (Å²) < 4.78 is 0. The fourth-order valence-electron chi connectivity index (χ4n) is 2.18. The van der Waals surface area contributed by atoms with E-state index in [0.29, 0.717) is 5.91 Å². The Labute approximate surface area is 102 Å². The quantitative estimate of drug-likeness (QED) is 0.723. The molecule has 0 aromatic heterocycles. The predicted octanol–water partition coefficient (Wildman–Crippen LogP) is 3.06. The molecule has 1 amide bonds. The van der Waals surface area contributed by atoms with E-state index in [2.05, 4.69) is 34.7 Å². The van der Waals surface area contributed by atoms with E-state index in [1.807, 2.05) is 0 Å². The number of rotatable bonds is 4. The van der Waals surface area contributed by atoms with Gasteiger partial charge in [-0.1, -0.05) is 36.2 Å². The van der Waals surface area contributed by atoms with Crippen LogP contribution in [0.5, 0.6) is 0 Å². The molecule has 2 nitrogen and oxygen atoms in total. The van der Waals surface area contributed by atoms with Gasteiger partial charge in [0.25, 0.3) is 0 Å². The van der Waals surface area contributed by atoms with Crippen molar-refractivity contribution in [2.45, 2.75) is 39.5 Å². The van der Waals surface area contributed by atoms with E-state index in [9.17, 15) is 4.79 Å². The molecule has 0 saturated carbocycles. The maximum absolute atomic E-state index is 12.0. The fraction of sp³-hybridized carbons (Fsp3) is 0.917. The van der Waals surface area contributed by atoms with Crippen LogP contribution in [0.25, 0.3) is 0 Å². The molecular formula is C12H22BrNO. The molecule has 1 unspecified atom stereocenters. The third-order valence-corrected chi connectivity index (χ3v) is 4.20. The highest BCUT2D eigenvalue weighted by atomic mass is 79.9.